The van der Waals surface area contributed by atoms with Crippen molar-refractivity contribution in [1.29, 1.82) is 0 Å². The number of methoxy groups -OCH3 is 2. The number of hydrogen-bond donors (Lipinski definition) is 4. The Morgan fingerprint density at radius 2 is 1.65 bits per heavy atom. The molecular weight excluding hydrogens is 671 g/mol. The molecule has 4 aromatic rings. The number of fused-ring (bicyclic) bond motifs is 1. The predicted octanol–water partition coefficient (Wildman–Crippen LogP) is 4.27. The number of carbonyl (C=O) groups is 3. The normalized spacial score (nSPS) is 12.8. The number of amides is 2. The van der Waals surface area contributed by atoms with Crippen molar-refractivity contribution in [3.8, 4) is 11.5 Å². The molecule has 4 rings (SSSR count). The Morgan fingerprint density at radius 1 is 0.939 bits per heavy atom. The number of nitrogens with two attached hydrogens (primary N) is 1. The van der Waals surface area contributed by atoms with Crippen LogP contribution in [0.3, 0.4) is 0 Å². The zero-order valence-electron chi connectivity index (χ0n) is 26.6. The highest BCUT2D eigenvalue weighted by Crippen LogP contribution is 2.40. The molecular formula is C32H32F3N5O8S. The molecule has 1 unspecified atom stereocenters. The summed E-state index contributed by atoms with van der Waals surface area (Å²) < 4.78 is 83.3. The van der Waals surface area contributed by atoms with Crippen LogP contribution in [0.4, 0.5) is 30.4 Å². The van der Waals surface area contributed by atoms with Crippen LogP contribution in [0.15, 0.2) is 71.8 Å². The fraction of sp³-hybridized carbons (Fsp3) is 0.250. The number of rotatable bonds is 12. The molecule has 0 aliphatic heterocycles. The van der Waals surface area contributed by atoms with E-state index in [1.54, 1.807) is 6.07 Å². The van der Waals surface area contributed by atoms with Crippen molar-refractivity contribution in [1.82, 2.24) is 10.3 Å². The number of pyridine rings is 1. The molecule has 0 saturated carbocycles. The number of nitrogen functional groups attached to an aromatic ring is 1. The molecule has 49 heavy (non-hydrogen) atoms. The van der Waals surface area contributed by atoms with Crippen LogP contribution >= 0.6 is 0 Å². The number of sulfone groups is 1. The topological polar surface area (TPSA) is 188 Å². The summed E-state index contributed by atoms with van der Waals surface area (Å²) in [4.78, 5) is 42.5. The second-order valence-corrected chi connectivity index (χ2v) is 12.7. The van der Waals surface area contributed by atoms with Crippen LogP contribution in [0, 0.1) is 0 Å². The van der Waals surface area contributed by atoms with Gasteiger partial charge in [0.2, 0.25) is 5.91 Å². The third kappa shape index (κ3) is 7.94. The maximum absolute atomic E-state index is 14.4. The lowest BCUT2D eigenvalue weighted by Gasteiger charge is -2.35. The van der Waals surface area contributed by atoms with E-state index >= 15 is 0 Å². The van der Waals surface area contributed by atoms with E-state index in [4.69, 9.17) is 19.9 Å². The van der Waals surface area contributed by atoms with Gasteiger partial charge in [-0.2, -0.15) is 13.2 Å². The van der Waals surface area contributed by atoms with E-state index in [1.165, 1.54) is 82.8 Å². The van der Waals surface area contributed by atoms with E-state index < -0.39 is 51.6 Å². The van der Waals surface area contributed by atoms with Gasteiger partial charge in [-0.1, -0.05) is 6.92 Å². The number of hydrogen-bond acceptors (Lipinski definition) is 11. The number of alkyl halides is 3. The van der Waals surface area contributed by atoms with Crippen molar-refractivity contribution in [3.05, 3.63) is 78.0 Å². The van der Waals surface area contributed by atoms with Crippen LogP contribution in [0.2, 0.25) is 0 Å². The molecule has 1 heterocycles. The Morgan fingerprint density at radius 3 is 2.29 bits per heavy atom. The molecule has 0 aliphatic carbocycles. The summed E-state index contributed by atoms with van der Waals surface area (Å²) in [6.07, 6.45) is -4.18. The molecule has 0 aliphatic rings. The SMILES string of the molecule is CCS(=O)(=O)c1ccc(NC(C)=O)cc1CNC(=O)C(Nc1ccc2c(N)nccc2c1)(OC(=O)C(F)(F)F)c1cc(OC)ccc1OC. The number of nitrogens with one attached hydrogen (secondary N) is 3. The molecule has 17 heteroatoms. The van der Waals surface area contributed by atoms with Gasteiger partial charge in [-0.15, -0.1) is 0 Å². The average molecular weight is 704 g/mol. The summed E-state index contributed by atoms with van der Waals surface area (Å²) in [5.41, 5.74) is 2.67. The second-order valence-electron chi connectivity index (χ2n) is 10.5. The number of carbonyl (C=O) groups excluding carboxylic acids is 3. The first-order chi connectivity index (χ1) is 23.0. The van der Waals surface area contributed by atoms with E-state index in [-0.39, 0.29) is 44.9 Å². The summed E-state index contributed by atoms with van der Waals surface area (Å²) in [5.74, 6) is -4.88. The van der Waals surface area contributed by atoms with Crippen molar-refractivity contribution < 1.29 is 50.2 Å². The fourth-order valence-corrected chi connectivity index (χ4v) is 6.02. The highest BCUT2D eigenvalue weighted by Gasteiger charge is 2.53. The van der Waals surface area contributed by atoms with Crippen molar-refractivity contribution >= 4 is 55.6 Å². The highest BCUT2D eigenvalue weighted by molar-refractivity contribution is 7.91. The number of ether oxygens (including phenoxy) is 3. The number of esters is 1. The monoisotopic (exact) mass is 703 g/mol. The standard InChI is InChI=1S/C32H32F3N5O8S/c1-5-49(44,45)27-11-7-21(39-18(2)41)15-20(27)17-38-29(42)31(48-30(43)32(33,34)35,25-16-23(46-3)8-10-26(25)47-4)40-22-6-9-24-19(14-22)12-13-37-28(24)36/h6-16,40H,5,17H2,1-4H3,(H2,36,37)(H,38,42)(H,39,41). The van der Waals surface area contributed by atoms with Gasteiger partial charge in [-0.3, -0.25) is 9.59 Å². The van der Waals surface area contributed by atoms with E-state index in [9.17, 15) is 36.0 Å². The molecule has 0 fully saturated rings. The second kappa shape index (κ2) is 14.3. The van der Waals surface area contributed by atoms with Gasteiger partial charge in [0.05, 0.1) is 30.4 Å². The van der Waals surface area contributed by atoms with Crippen LogP contribution in [0.5, 0.6) is 11.5 Å². The number of anilines is 3. The van der Waals surface area contributed by atoms with E-state index in [0.29, 0.717) is 10.8 Å². The smallest absolute Gasteiger partial charge is 0.491 e. The average Bonchev–Trinajstić information content (AvgIpc) is 3.05. The lowest BCUT2D eigenvalue weighted by atomic mass is 9.98. The van der Waals surface area contributed by atoms with Crippen molar-refractivity contribution in [2.45, 2.75) is 37.2 Å². The minimum absolute atomic E-state index is 0.00463. The fourth-order valence-electron chi connectivity index (χ4n) is 4.90. The summed E-state index contributed by atoms with van der Waals surface area (Å²) in [5, 5.41) is 8.53. The van der Waals surface area contributed by atoms with Crippen LogP contribution in [-0.2, 0) is 41.2 Å². The number of halogens is 3. The van der Waals surface area contributed by atoms with Crippen LogP contribution in [0.25, 0.3) is 10.8 Å². The summed E-state index contributed by atoms with van der Waals surface area (Å²) in [6.45, 7) is 2.01. The first kappa shape index (κ1) is 36.3. The van der Waals surface area contributed by atoms with E-state index in [2.05, 4.69) is 20.9 Å². The minimum Gasteiger partial charge on any atom is -0.497 e. The van der Waals surface area contributed by atoms with Gasteiger partial charge in [0.15, 0.2) is 9.84 Å². The number of benzene rings is 3. The van der Waals surface area contributed by atoms with Crippen molar-refractivity contribution in [3.63, 3.8) is 0 Å². The van der Waals surface area contributed by atoms with Crippen LogP contribution in [0.1, 0.15) is 25.0 Å². The molecule has 13 nitrogen and oxygen atoms in total. The molecule has 5 N–H and O–H groups in total. The van der Waals surface area contributed by atoms with E-state index in [1.807, 2.05) is 0 Å². The minimum atomic E-state index is -5.57. The zero-order chi connectivity index (χ0) is 36.1. The quantitative estimate of drug-likeness (QED) is 0.122. The molecule has 0 radical (unpaired) electrons. The van der Waals surface area contributed by atoms with Gasteiger partial charge >= 0.3 is 12.1 Å². The summed E-state index contributed by atoms with van der Waals surface area (Å²) >= 11 is 0. The molecule has 3 aromatic carbocycles. The Hall–Kier alpha value is -5.58. The van der Waals surface area contributed by atoms with Gasteiger partial charge in [0, 0.05) is 36.4 Å². The zero-order valence-corrected chi connectivity index (χ0v) is 27.4. The molecule has 260 valence electrons. The predicted molar refractivity (Wildman–Crippen MR) is 173 cm³/mol. The Kier molecular flexibility index (Phi) is 10.6. The first-order valence-electron chi connectivity index (χ1n) is 14.4. The van der Waals surface area contributed by atoms with Gasteiger partial charge in [-0.25, -0.2) is 18.2 Å². The van der Waals surface area contributed by atoms with Gasteiger partial charge in [0.25, 0.3) is 11.6 Å². The Labute approximate surface area is 278 Å². The van der Waals surface area contributed by atoms with Gasteiger partial charge in [0.1, 0.15) is 17.3 Å². The van der Waals surface area contributed by atoms with Crippen LogP contribution in [-0.4, -0.2) is 57.3 Å². The molecule has 1 aromatic heterocycles. The Bertz CT molecular complexity index is 2020. The molecule has 0 bridgehead atoms. The van der Waals surface area contributed by atoms with Crippen molar-refractivity contribution in [2.24, 2.45) is 0 Å². The van der Waals surface area contributed by atoms with Crippen molar-refractivity contribution in [2.75, 3.05) is 36.3 Å². The number of nitrogens with zero attached hydrogens (tertiary/aromatic N) is 1. The highest BCUT2D eigenvalue weighted by atomic mass is 32.2. The maximum atomic E-state index is 14.4. The third-order valence-corrected chi connectivity index (χ3v) is 9.06. The Balaban J connectivity index is 1.94. The largest absolute Gasteiger partial charge is 0.497 e. The first-order valence-corrected chi connectivity index (χ1v) is 16.1. The van der Waals surface area contributed by atoms with Gasteiger partial charge < -0.3 is 35.9 Å². The van der Waals surface area contributed by atoms with Crippen LogP contribution < -0.4 is 31.2 Å². The lowest BCUT2D eigenvalue weighted by Crippen LogP contribution is -2.54. The van der Waals surface area contributed by atoms with Gasteiger partial charge in [-0.05, 0) is 71.6 Å². The molecule has 1 atom stereocenters. The number of aromatic nitrogens is 1. The van der Waals surface area contributed by atoms with E-state index in [0.717, 1.165) is 6.07 Å². The lowest BCUT2D eigenvalue weighted by molar-refractivity contribution is -0.213. The molecule has 0 spiro atoms. The molecule has 2 amide bonds. The maximum Gasteiger partial charge on any atom is 0.491 e. The summed E-state index contributed by atoms with van der Waals surface area (Å²) in [7, 11) is -1.46. The third-order valence-electron chi connectivity index (χ3n) is 7.23. The summed E-state index contributed by atoms with van der Waals surface area (Å²) in [6, 6.07) is 13.5. The molecule has 0 saturated heterocycles.